The molecule has 2 aliphatic heterocycles. The summed E-state index contributed by atoms with van der Waals surface area (Å²) in [6.45, 7) is 5.48. The Kier molecular flexibility index (Phi) is 2.23. The first kappa shape index (κ1) is 9.64. The van der Waals surface area contributed by atoms with Gasteiger partial charge in [0.15, 0.2) is 0 Å². The van der Waals surface area contributed by atoms with Crippen molar-refractivity contribution in [1.82, 2.24) is 10.2 Å². The molecule has 3 heteroatoms. The van der Waals surface area contributed by atoms with E-state index in [0.717, 1.165) is 50.7 Å². The molecular weight excluding hydrogens is 188 g/mol. The van der Waals surface area contributed by atoms with E-state index in [1.165, 1.54) is 0 Å². The molecule has 0 spiro atoms. The fourth-order valence-electron chi connectivity index (χ4n) is 3.36. The molecule has 3 rings (SSSR count). The normalized spacial score (nSPS) is 39.5. The van der Waals surface area contributed by atoms with Gasteiger partial charge >= 0.3 is 0 Å². The molecule has 3 nitrogen and oxygen atoms in total. The molecule has 0 bridgehead atoms. The van der Waals surface area contributed by atoms with Gasteiger partial charge < -0.3 is 10.2 Å². The maximum absolute atomic E-state index is 12.1. The molecule has 0 aromatic heterocycles. The highest BCUT2D eigenvalue weighted by Crippen LogP contribution is 2.39. The third-order valence-corrected chi connectivity index (χ3v) is 4.35. The van der Waals surface area contributed by atoms with Crippen molar-refractivity contribution >= 4 is 5.91 Å². The highest BCUT2D eigenvalue weighted by Gasteiger charge is 2.47. The van der Waals surface area contributed by atoms with Crippen LogP contribution in [0, 0.1) is 17.8 Å². The van der Waals surface area contributed by atoms with Gasteiger partial charge in [0.25, 0.3) is 0 Å². The zero-order valence-electron chi connectivity index (χ0n) is 9.41. The molecule has 3 fully saturated rings. The van der Waals surface area contributed by atoms with Gasteiger partial charge in [-0.05, 0) is 31.1 Å². The van der Waals surface area contributed by atoms with Crippen molar-refractivity contribution in [3.8, 4) is 0 Å². The van der Waals surface area contributed by atoms with Crippen molar-refractivity contribution < 1.29 is 4.79 Å². The van der Waals surface area contributed by atoms with E-state index in [1.807, 2.05) is 0 Å². The number of hydrogen-bond donors (Lipinski definition) is 1. The Hall–Kier alpha value is -0.570. The molecule has 2 heterocycles. The molecule has 0 aromatic rings. The second kappa shape index (κ2) is 3.48. The lowest BCUT2D eigenvalue weighted by Gasteiger charge is -2.27. The molecule has 3 unspecified atom stereocenters. The van der Waals surface area contributed by atoms with Gasteiger partial charge in [-0.2, -0.15) is 0 Å². The van der Waals surface area contributed by atoms with Crippen LogP contribution in [0.5, 0.6) is 0 Å². The smallest absolute Gasteiger partial charge is 0.225 e. The van der Waals surface area contributed by atoms with Crippen LogP contribution in [0.15, 0.2) is 0 Å². The number of likely N-dealkylation sites (tertiary alicyclic amines) is 1. The molecule has 0 radical (unpaired) electrons. The van der Waals surface area contributed by atoms with Gasteiger partial charge in [-0.25, -0.2) is 0 Å². The molecule has 2 saturated heterocycles. The molecule has 3 atom stereocenters. The minimum Gasteiger partial charge on any atom is -0.339 e. The van der Waals surface area contributed by atoms with Gasteiger partial charge in [-0.15, -0.1) is 0 Å². The van der Waals surface area contributed by atoms with Crippen molar-refractivity contribution in [3.05, 3.63) is 0 Å². The third-order valence-electron chi connectivity index (χ3n) is 4.35. The van der Waals surface area contributed by atoms with E-state index in [9.17, 15) is 4.79 Å². The number of carbonyl (C=O) groups excluding carboxylic acids is 1. The van der Waals surface area contributed by atoms with Gasteiger partial charge in [0.05, 0.1) is 0 Å². The monoisotopic (exact) mass is 208 g/mol. The van der Waals surface area contributed by atoms with Crippen LogP contribution < -0.4 is 5.32 Å². The predicted molar refractivity (Wildman–Crippen MR) is 58.4 cm³/mol. The first-order chi connectivity index (χ1) is 7.31. The van der Waals surface area contributed by atoms with Crippen LogP contribution in [0.4, 0.5) is 0 Å². The van der Waals surface area contributed by atoms with Crippen LogP contribution in [0.3, 0.4) is 0 Å². The Morgan fingerprint density at radius 2 is 2.20 bits per heavy atom. The first-order valence-corrected chi connectivity index (χ1v) is 6.32. The third kappa shape index (κ3) is 1.48. The Balaban J connectivity index is 1.75. The molecular formula is C12H20N2O. The summed E-state index contributed by atoms with van der Waals surface area (Å²) in [5.74, 6) is 2.32. The lowest BCUT2D eigenvalue weighted by atomic mass is 9.93. The molecule has 1 amide bonds. The van der Waals surface area contributed by atoms with Crippen molar-refractivity contribution in [2.24, 2.45) is 17.8 Å². The van der Waals surface area contributed by atoms with Crippen molar-refractivity contribution in [1.29, 1.82) is 0 Å². The summed E-state index contributed by atoms with van der Waals surface area (Å²) in [5.41, 5.74) is 0. The molecule has 0 aromatic carbocycles. The Morgan fingerprint density at radius 1 is 1.40 bits per heavy atom. The van der Waals surface area contributed by atoms with Crippen LogP contribution in [0.25, 0.3) is 0 Å². The van der Waals surface area contributed by atoms with Gasteiger partial charge in [0.2, 0.25) is 5.91 Å². The Morgan fingerprint density at radius 3 is 2.87 bits per heavy atom. The highest BCUT2D eigenvalue weighted by atomic mass is 16.2. The summed E-state index contributed by atoms with van der Waals surface area (Å²) in [5, 5.41) is 3.45. The second-order valence-corrected chi connectivity index (χ2v) is 5.32. The lowest BCUT2D eigenvalue weighted by Crippen LogP contribution is -2.40. The van der Waals surface area contributed by atoms with Crippen LogP contribution in [0.1, 0.15) is 26.2 Å². The zero-order valence-corrected chi connectivity index (χ0v) is 9.41. The lowest BCUT2D eigenvalue weighted by molar-refractivity contribution is -0.133. The SMILES string of the molecule is CCC1C2CNCC2CN1C(=O)C1CC1. The first-order valence-electron chi connectivity index (χ1n) is 6.32. The molecule has 84 valence electrons. The van der Waals surface area contributed by atoms with E-state index in [2.05, 4.69) is 17.1 Å². The van der Waals surface area contributed by atoms with E-state index in [1.54, 1.807) is 0 Å². The van der Waals surface area contributed by atoms with Crippen LogP contribution in [0.2, 0.25) is 0 Å². The summed E-state index contributed by atoms with van der Waals surface area (Å²) in [6.07, 6.45) is 3.40. The molecule has 1 saturated carbocycles. The van der Waals surface area contributed by atoms with Gasteiger partial charge in [-0.3, -0.25) is 4.79 Å². The highest BCUT2D eigenvalue weighted by molar-refractivity contribution is 5.81. The largest absolute Gasteiger partial charge is 0.339 e. The number of nitrogens with zero attached hydrogens (tertiary/aromatic N) is 1. The quantitative estimate of drug-likeness (QED) is 0.730. The fourth-order valence-corrected chi connectivity index (χ4v) is 3.36. The van der Waals surface area contributed by atoms with Crippen molar-refractivity contribution in [2.75, 3.05) is 19.6 Å². The van der Waals surface area contributed by atoms with E-state index in [4.69, 9.17) is 0 Å². The summed E-state index contributed by atoms with van der Waals surface area (Å²) >= 11 is 0. The van der Waals surface area contributed by atoms with Gasteiger partial charge in [0.1, 0.15) is 0 Å². The van der Waals surface area contributed by atoms with Crippen LogP contribution in [-0.4, -0.2) is 36.5 Å². The summed E-state index contributed by atoms with van der Waals surface area (Å²) in [7, 11) is 0. The summed E-state index contributed by atoms with van der Waals surface area (Å²) < 4.78 is 0. The molecule has 1 aliphatic carbocycles. The summed E-state index contributed by atoms with van der Waals surface area (Å²) in [4.78, 5) is 14.3. The number of carbonyl (C=O) groups is 1. The minimum atomic E-state index is 0.394. The van der Waals surface area contributed by atoms with Crippen LogP contribution >= 0.6 is 0 Å². The second-order valence-electron chi connectivity index (χ2n) is 5.32. The van der Waals surface area contributed by atoms with E-state index < -0.39 is 0 Å². The van der Waals surface area contributed by atoms with E-state index >= 15 is 0 Å². The number of rotatable bonds is 2. The maximum atomic E-state index is 12.1. The molecule has 3 aliphatic rings. The average molecular weight is 208 g/mol. The van der Waals surface area contributed by atoms with Crippen molar-refractivity contribution in [3.63, 3.8) is 0 Å². The number of hydrogen-bond acceptors (Lipinski definition) is 2. The number of nitrogens with one attached hydrogen (secondary N) is 1. The Bertz CT molecular complexity index is 275. The minimum absolute atomic E-state index is 0.394. The topological polar surface area (TPSA) is 32.3 Å². The Labute approximate surface area is 91.2 Å². The van der Waals surface area contributed by atoms with Gasteiger partial charge in [0, 0.05) is 31.6 Å². The van der Waals surface area contributed by atoms with Crippen LogP contribution in [-0.2, 0) is 4.79 Å². The predicted octanol–water partition coefficient (Wildman–Crippen LogP) is 0.853. The zero-order chi connectivity index (χ0) is 10.4. The number of fused-ring (bicyclic) bond motifs is 1. The van der Waals surface area contributed by atoms with Gasteiger partial charge in [-0.1, -0.05) is 6.92 Å². The van der Waals surface area contributed by atoms with Crippen molar-refractivity contribution in [2.45, 2.75) is 32.2 Å². The number of amides is 1. The molecule has 1 N–H and O–H groups in total. The maximum Gasteiger partial charge on any atom is 0.225 e. The average Bonchev–Trinajstić information content (AvgIpc) is 2.88. The fraction of sp³-hybridized carbons (Fsp3) is 0.917. The molecule has 15 heavy (non-hydrogen) atoms. The van der Waals surface area contributed by atoms with E-state index in [-0.39, 0.29) is 0 Å². The standard InChI is InChI=1S/C12H20N2O/c1-2-11-10-6-13-5-9(10)7-14(11)12(15)8-3-4-8/h8-11,13H,2-7H2,1H3. The summed E-state index contributed by atoms with van der Waals surface area (Å²) in [6, 6.07) is 0.526. The van der Waals surface area contributed by atoms with E-state index in [0.29, 0.717) is 17.9 Å².